The molecule has 1 fully saturated rings. The van der Waals surface area contributed by atoms with Crippen LogP contribution in [-0.2, 0) is 4.74 Å². The minimum Gasteiger partial charge on any atom is -0.378 e. The second-order valence-corrected chi connectivity index (χ2v) is 4.95. The molecular formula is C14H17N7O2. The van der Waals surface area contributed by atoms with E-state index in [4.69, 9.17) is 10.5 Å². The van der Waals surface area contributed by atoms with Gasteiger partial charge in [0, 0.05) is 38.1 Å². The van der Waals surface area contributed by atoms with Crippen molar-refractivity contribution < 1.29 is 9.53 Å². The summed E-state index contributed by atoms with van der Waals surface area (Å²) in [5.74, 6) is 0.392. The first-order valence-corrected chi connectivity index (χ1v) is 7.19. The maximum absolute atomic E-state index is 12.0. The van der Waals surface area contributed by atoms with Crippen molar-refractivity contribution in [1.82, 2.24) is 25.3 Å². The lowest BCUT2D eigenvalue weighted by atomic mass is 10.2. The molecule has 1 aliphatic rings. The number of ether oxygens (including phenoxy) is 1. The van der Waals surface area contributed by atoms with Gasteiger partial charge in [-0.05, 0) is 6.07 Å². The van der Waals surface area contributed by atoms with Gasteiger partial charge in [-0.1, -0.05) is 0 Å². The number of hydrogen-bond acceptors (Lipinski definition) is 8. The molecule has 0 unspecified atom stereocenters. The molecule has 2 aromatic rings. The second kappa shape index (κ2) is 6.53. The van der Waals surface area contributed by atoms with Gasteiger partial charge in [-0.25, -0.2) is 19.9 Å². The Morgan fingerprint density at radius 2 is 1.96 bits per heavy atom. The molecule has 0 atom stereocenters. The summed E-state index contributed by atoms with van der Waals surface area (Å²) in [6, 6.07) is 1.61. The lowest BCUT2D eigenvalue weighted by Gasteiger charge is -2.27. The highest BCUT2D eigenvalue weighted by Crippen LogP contribution is 2.20. The highest BCUT2D eigenvalue weighted by molar-refractivity contribution is 5.93. The van der Waals surface area contributed by atoms with E-state index < -0.39 is 0 Å². The van der Waals surface area contributed by atoms with Crippen LogP contribution in [-0.4, -0.2) is 59.2 Å². The first-order valence-electron chi connectivity index (χ1n) is 7.19. The van der Waals surface area contributed by atoms with E-state index in [0.29, 0.717) is 43.5 Å². The van der Waals surface area contributed by atoms with Gasteiger partial charge in [0.25, 0.3) is 5.91 Å². The Kier molecular flexibility index (Phi) is 4.29. The highest BCUT2D eigenvalue weighted by atomic mass is 16.5. The summed E-state index contributed by atoms with van der Waals surface area (Å²) in [6.07, 6.45) is 3.14. The fourth-order valence-corrected chi connectivity index (χ4v) is 2.20. The smallest absolute Gasteiger partial charge is 0.269 e. The molecule has 0 saturated carbocycles. The molecule has 3 rings (SSSR count). The molecule has 3 N–H and O–H groups in total. The van der Waals surface area contributed by atoms with Crippen LogP contribution in [0, 0.1) is 0 Å². The van der Waals surface area contributed by atoms with Crippen LogP contribution >= 0.6 is 0 Å². The third kappa shape index (κ3) is 3.34. The zero-order valence-corrected chi connectivity index (χ0v) is 12.7. The Bertz CT molecular complexity index is 699. The van der Waals surface area contributed by atoms with Gasteiger partial charge in [-0.3, -0.25) is 4.79 Å². The van der Waals surface area contributed by atoms with Crippen molar-refractivity contribution >= 4 is 17.8 Å². The summed E-state index contributed by atoms with van der Waals surface area (Å²) < 4.78 is 5.34. The molecule has 0 spiro atoms. The number of nitrogens with two attached hydrogens (primary N) is 1. The summed E-state index contributed by atoms with van der Waals surface area (Å²) in [4.78, 5) is 30.8. The maximum atomic E-state index is 12.0. The number of hydrogen-bond donors (Lipinski definition) is 2. The van der Waals surface area contributed by atoms with Gasteiger partial charge in [0.2, 0.25) is 11.9 Å². The SMILES string of the molecule is CNC(=O)c1cc(-c2cnc(N)nc2)nc(N2CCOCC2)n1. The Hall–Kier alpha value is -2.81. The number of carbonyl (C=O) groups excluding carboxylic acids is 1. The number of aromatic nitrogens is 4. The van der Waals surface area contributed by atoms with Crippen LogP contribution in [0.2, 0.25) is 0 Å². The zero-order chi connectivity index (χ0) is 16.2. The van der Waals surface area contributed by atoms with Crippen LogP contribution in [0.15, 0.2) is 18.5 Å². The normalized spacial score (nSPS) is 14.6. The van der Waals surface area contributed by atoms with Crippen molar-refractivity contribution in [3.63, 3.8) is 0 Å². The van der Waals surface area contributed by atoms with Gasteiger partial charge in [-0.15, -0.1) is 0 Å². The Morgan fingerprint density at radius 1 is 1.26 bits per heavy atom. The molecule has 9 nitrogen and oxygen atoms in total. The molecular weight excluding hydrogens is 298 g/mol. The number of nitrogens with zero attached hydrogens (tertiary/aromatic N) is 5. The van der Waals surface area contributed by atoms with E-state index >= 15 is 0 Å². The number of rotatable bonds is 3. The van der Waals surface area contributed by atoms with Crippen LogP contribution in [0.3, 0.4) is 0 Å². The number of anilines is 2. The van der Waals surface area contributed by atoms with Crippen molar-refractivity contribution in [2.24, 2.45) is 0 Å². The number of nitrogens with one attached hydrogen (secondary N) is 1. The van der Waals surface area contributed by atoms with Gasteiger partial charge in [0.05, 0.1) is 18.9 Å². The molecule has 23 heavy (non-hydrogen) atoms. The molecule has 120 valence electrons. The third-order valence-electron chi connectivity index (χ3n) is 3.44. The fraction of sp³-hybridized carbons (Fsp3) is 0.357. The van der Waals surface area contributed by atoms with Gasteiger partial charge < -0.3 is 20.7 Å². The molecule has 0 bridgehead atoms. The number of carbonyl (C=O) groups is 1. The molecule has 3 heterocycles. The topological polar surface area (TPSA) is 119 Å². The number of amides is 1. The van der Waals surface area contributed by atoms with Crippen LogP contribution in [0.5, 0.6) is 0 Å². The molecule has 0 radical (unpaired) electrons. The van der Waals surface area contributed by atoms with Gasteiger partial charge >= 0.3 is 0 Å². The second-order valence-electron chi connectivity index (χ2n) is 4.95. The maximum Gasteiger partial charge on any atom is 0.269 e. The number of morpholine rings is 1. The third-order valence-corrected chi connectivity index (χ3v) is 3.44. The van der Waals surface area contributed by atoms with Crippen molar-refractivity contribution in [2.75, 3.05) is 44.0 Å². The molecule has 2 aromatic heterocycles. The van der Waals surface area contributed by atoms with E-state index in [1.165, 1.54) is 0 Å². The Labute approximate surface area is 132 Å². The Balaban J connectivity index is 2.03. The molecule has 1 amide bonds. The van der Waals surface area contributed by atoms with E-state index in [9.17, 15) is 4.79 Å². The Morgan fingerprint density at radius 3 is 2.61 bits per heavy atom. The molecule has 0 aromatic carbocycles. The van der Waals surface area contributed by atoms with E-state index in [1.807, 2.05) is 4.90 Å². The largest absolute Gasteiger partial charge is 0.378 e. The van der Waals surface area contributed by atoms with E-state index in [2.05, 4.69) is 25.3 Å². The molecule has 9 heteroatoms. The average molecular weight is 315 g/mol. The van der Waals surface area contributed by atoms with E-state index in [0.717, 1.165) is 0 Å². The predicted molar refractivity (Wildman–Crippen MR) is 83.9 cm³/mol. The molecule has 1 saturated heterocycles. The van der Waals surface area contributed by atoms with Crippen molar-refractivity contribution in [1.29, 1.82) is 0 Å². The highest BCUT2D eigenvalue weighted by Gasteiger charge is 2.18. The summed E-state index contributed by atoms with van der Waals surface area (Å²) in [5, 5.41) is 2.58. The fourth-order valence-electron chi connectivity index (χ4n) is 2.20. The minimum atomic E-state index is -0.278. The van der Waals surface area contributed by atoms with Gasteiger partial charge in [0.15, 0.2) is 0 Å². The zero-order valence-electron chi connectivity index (χ0n) is 12.7. The van der Waals surface area contributed by atoms with E-state index in [1.54, 1.807) is 25.5 Å². The molecule has 0 aliphatic carbocycles. The average Bonchev–Trinajstić information content (AvgIpc) is 2.62. The van der Waals surface area contributed by atoms with E-state index in [-0.39, 0.29) is 17.5 Å². The predicted octanol–water partition coefficient (Wildman–Crippen LogP) is -0.288. The molecule has 1 aliphatic heterocycles. The van der Waals surface area contributed by atoms with Gasteiger partial charge in [-0.2, -0.15) is 0 Å². The van der Waals surface area contributed by atoms with Crippen molar-refractivity contribution in [3.8, 4) is 11.3 Å². The lowest BCUT2D eigenvalue weighted by molar-refractivity contribution is 0.0958. The lowest BCUT2D eigenvalue weighted by Crippen LogP contribution is -2.37. The van der Waals surface area contributed by atoms with Crippen molar-refractivity contribution in [3.05, 3.63) is 24.2 Å². The summed E-state index contributed by atoms with van der Waals surface area (Å²) >= 11 is 0. The number of nitrogen functional groups attached to an aromatic ring is 1. The standard InChI is InChI=1S/C14H17N7O2/c1-16-12(22)11-6-10(9-7-17-13(15)18-8-9)19-14(20-11)21-2-4-23-5-3-21/h6-8H,2-5H2,1H3,(H,16,22)(H2,15,17,18). The summed E-state index contributed by atoms with van der Waals surface area (Å²) in [5.41, 5.74) is 7.04. The first-order chi connectivity index (χ1) is 11.2. The van der Waals surface area contributed by atoms with Crippen LogP contribution in [0.4, 0.5) is 11.9 Å². The summed E-state index contributed by atoms with van der Waals surface area (Å²) in [7, 11) is 1.56. The van der Waals surface area contributed by atoms with Crippen LogP contribution in [0.1, 0.15) is 10.5 Å². The monoisotopic (exact) mass is 315 g/mol. The quantitative estimate of drug-likeness (QED) is 0.793. The first kappa shape index (κ1) is 15.1. The van der Waals surface area contributed by atoms with Crippen LogP contribution < -0.4 is 16.0 Å². The van der Waals surface area contributed by atoms with Crippen molar-refractivity contribution in [2.45, 2.75) is 0 Å². The minimum absolute atomic E-state index is 0.183. The summed E-state index contributed by atoms with van der Waals surface area (Å²) in [6.45, 7) is 2.56. The van der Waals surface area contributed by atoms with Gasteiger partial charge in [0.1, 0.15) is 5.69 Å². The van der Waals surface area contributed by atoms with Crippen LogP contribution in [0.25, 0.3) is 11.3 Å².